The van der Waals surface area contributed by atoms with Crippen LogP contribution in [0.2, 0.25) is 0 Å². The van der Waals surface area contributed by atoms with E-state index in [0.717, 1.165) is 6.54 Å². The number of nitrogens with zero attached hydrogens (tertiary/aromatic N) is 1. The predicted molar refractivity (Wildman–Crippen MR) is 88.5 cm³/mol. The van der Waals surface area contributed by atoms with Crippen LogP contribution in [0.1, 0.15) is 29.5 Å². The molecule has 0 aromatic heterocycles. The van der Waals surface area contributed by atoms with Crippen molar-refractivity contribution in [1.82, 2.24) is 0 Å². The van der Waals surface area contributed by atoms with Crippen LogP contribution < -0.4 is 4.31 Å². The van der Waals surface area contributed by atoms with Crippen LogP contribution in [0.3, 0.4) is 0 Å². The van der Waals surface area contributed by atoms with E-state index >= 15 is 0 Å². The molecule has 1 aliphatic rings. The van der Waals surface area contributed by atoms with Crippen molar-refractivity contribution in [2.75, 3.05) is 10.8 Å². The van der Waals surface area contributed by atoms with Gasteiger partial charge in [0, 0.05) is 11.4 Å². The van der Waals surface area contributed by atoms with Crippen LogP contribution in [0.5, 0.6) is 0 Å². The van der Waals surface area contributed by atoms with Crippen LogP contribution in [-0.2, 0) is 6.42 Å². The second-order valence-corrected chi connectivity index (χ2v) is 6.62. The summed E-state index contributed by atoms with van der Waals surface area (Å²) in [5.41, 5.74) is 5.62. The van der Waals surface area contributed by atoms with Crippen molar-refractivity contribution < 1.29 is 0 Å². The van der Waals surface area contributed by atoms with E-state index in [2.05, 4.69) is 60.6 Å². The van der Waals surface area contributed by atoms with Gasteiger partial charge in [-0.15, -0.1) is 0 Å². The first-order chi connectivity index (χ1) is 9.74. The van der Waals surface area contributed by atoms with Crippen LogP contribution in [0, 0.1) is 13.8 Å². The molecule has 0 amide bonds. The van der Waals surface area contributed by atoms with Crippen molar-refractivity contribution in [3.8, 4) is 0 Å². The Labute approximate surface area is 126 Å². The molecule has 2 aromatic carbocycles. The number of rotatable bonds is 2. The first kappa shape index (κ1) is 13.6. The number of anilines is 1. The molecular weight excluding hydrogens is 262 g/mol. The Hall–Kier alpha value is -1.41. The fourth-order valence-electron chi connectivity index (χ4n) is 2.65. The fourth-order valence-corrected chi connectivity index (χ4v) is 3.76. The van der Waals surface area contributed by atoms with Gasteiger partial charge in [-0.2, -0.15) is 0 Å². The summed E-state index contributed by atoms with van der Waals surface area (Å²) in [6.45, 7) is 5.50. The van der Waals surface area contributed by atoms with E-state index in [1.807, 2.05) is 11.9 Å². The summed E-state index contributed by atoms with van der Waals surface area (Å²) < 4.78 is 2.46. The summed E-state index contributed by atoms with van der Waals surface area (Å²) in [4.78, 5) is 1.34. The van der Waals surface area contributed by atoms with Crippen molar-refractivity contribution >= 4 is 17.6 Å². The third-order valence-corrected chi connectivity index (χ3v) is 5.08. The Kier molecular flexibility index (Phi) is 4.02. The lowest BCUT2D eigenvalue weighted by Gasteiger charge is -2.23. The average molecular weight is 283 g/mol. The van der Waals surface area contributed by atoms with Crippen molar-refractivity contribution in [2.45, 2.75) is 38.0 Å². The summed E-state index contributed by atoms with van der Waals surface area (Å²) in [5, 5.41) is 0. The van der Waals surface area contributed by atoms with Crippen LogP contribution in [0.4, 0.5) is 5.69 Å². The van der Waals surface area contributed by atoms with Crippen LogP contribution in [-0.4, -0.2) is 6.54 Å². The molecule has 0 bridgehead atoms. The molecule has 0 saturated heterocycles. The lowest BCUT2D eigenvalue weighted by Crippen LogP contribution is -2.15. The lowest BCUT2D eigenvalue weighted by atomic mass is 10.1. The largest absolute Gasteiger partial charge is 0.312 e. The van der Waals surface area contributed by atoms with E-state index in [4.69, 9.17) is 0 Å². The van der Waals surface area contributed by atoms with Crippen molar-refractivity contribution in [3.63, 3.8) is 0 Å². The molecule has 104 valence electrons. The number of hydrogen-bond acceptors (Lipinski definition) is 2. The van der Waals surface area contributed by atoms with Crippen molar-refractivity contribution in [1.29, 1.82) is 0 Å². The quantitative estimate of drug-likeness (QED) is 0.701. The summed E-state index contributed by atoms with van der Waals surface area (Å²) in [6.07, 6.45) is 3.77. The molecule has 0 spiro atoms. The third-order valence-electron chi connectivity index (χ3n) is 4.01. The molecular formula is C18H21NS. The Balaban J connectivity index is 1.88. The predicted octanol–water partition coefficient (Wildman–Crippen LogP) is 5.15. The van der Waals surface area contributed by atoms with Crippen LogP contribution >= 0.6 is 11.9 Å². The highest BCUT2D eigenvalue weighted by atomic mass is 32.2. The standard InChI is InChI=1S/C18H21NS/c1-14-10-11-17(13-15(14)2)20-19-12-6-5-8-16-7-3-4-9-18(16)19/h3-4,7,9-11,13H,5-6,8,12H2,1-2H3. The molecule has 2 aromatic rings. The zero-order valence-electron chi connectivity index (χ0n) is 12.2. The number of hydrogen-bond donors (Lipinski definition) is 0. The number of aryl methyl sites for hydroxylation is 3. The topological polar surface area (TPSA) is 3.24 Å². The molecule has 0 N–H and O–H groups in total. The molecule has 2 heteroatoms. The van der Waals surface area contributed by atoms with Gasteiger partial charge in [-0.3, -0.25) is 0 Å². The first-order valence-electron chi connectivity index (χ1n) is 7.35. The Bertz CT molecular complexity index is 606. The van der Waals surface area contributed by atoms with Gasteiger partial charge in [0.15, 0.2) is 0 Å². The minimum atomic E-state index is 1.13. The Morgan fingerprint density at radius 2 is 1.80 bits per heavy atom. The molecule has 0 saturated carbocycles. The zero-order chi connectivity index (χ0) is 13.9. The second-order valence-electron chi connectivity index (χ2n) is 5.53. The maximum absolute atomic E-state index is 2.46. The first-order valence-corrected chi connectivity index (χ1v) is 8.12. The van der Waals surface area contributed by atoms with E-state index in [1.165, 1.54) is 46.5 Å². The monoisotopic (exact) mass is 283 g/mol. The minimum Gasteiger partial charge on any atom is -0.312 e. The highest BCUT2D eigenvalue weighted by Crippen LogP contribution is 2.35. The van der Waals surface area contributed by atoms with Gasteiger partial charge in [0.1, 0.15) is 0 Å². The molecule has 0 aliphatic carbocycles. The molecule has 1 aliphatic heterocycles. The van der Waals surface area contributed by atoms with E-state index in [1.54, 1.807) is 0 Å². The molecule has 1 heterocycles. The smallest absolute Gasteiger partial charge is 0.0505 e. The maximum Gasteiger partial charge on any atom is 0.0505 e. The zero-order valence-corrected chi connectivity index (χ0v) is 13.0. The highest BCUT2D eigenvalue weighted by molar-refractivity contribution is 8.00. The van der Waals surface area contributed by atoms with E-state index in [9.17, 15) is 0 Å². The average Bonchev–Trinajstić information content (AvgIpc) is 2.66. The summed E-state index contributed by atoms with van der Waals surface area (Å²) in [6, 6.07) is 15.6. The normalized spacial score (nSPS) is 14.8. The number of benzene rings is 2. The van der Waals surface area contributed by atoms with Crippen molar-refractivity contribution in [2.24, 2.45) is 0 Å². The summed E-state index contributed by atoms with van der Waals surface area (Å²) >= 11 is 1.88. The van der Waals surface area contributed by atoms with Gasteiger partial charge in [0.25, 0.3) is 0 Å². The summed E-state index contributed by atoms with van der Waals surface area (Å²) in [7, 11) is 0. The highest BCUT2D eigenvalue weighted by Gasteiger charge is 2.16. The third kappa shape index (κ3) is 2.85. The molecule has 1 nitrogen and oxygen atoms in total. The Morgan fingerprint density at radius 3 is 2.65 bits per heavy atom. The second kappa shape index (κ2) is 5.92. The Morgan fingerprint density at radius 1 is 0.950 bits per heavy atom. The van der Waals surface area contributed by atoms with E-state index < -0.39 is 0 Å². The van der Waals surface area contributed by atoms with Gasteiger partial charge >= 0.3 is 0 Å². The van der Waals surface area contributed by atoms with Gasteiger partial charge in [0.05, 0.1) is 5.69 Å². The summed E-state index contributed by atoms with van der Waals surface area (Å²) in [5.74, 6) is 0. The van der Waals surface area contributed by atoms with Crippen LogP contribution in [0.15, 0.2) is 47.4 Å². The molecule has 0 fully saturated rings. The fraction of sp³-hybridized carbons (Fsp3) is 0.333. The lowest BCUT2D eigenvalue weighted by molar-refractivity contribution is 0.773. The molecule has 3 rings (SSSR count). The minimum absolute atomic E-state index is 1.13. The van der Waals surface area contributed by atoms with Gasteiger partial charge in [-0.1, -0.05) is 24.3 Å². The van der Waals surface area contributed by atoms with E-state index in [0.29, 0.717) is 0 Å². The number of para-hydroxylation sites is 1. The maximum atomic E-state index is 2.46. The number of fused-ring (bicyclic) bond motifs is 1. The molecule has 0 atom stereocenters. The van der Waals surface area contributed by atoms with Gasteiger partial charge in [-0.25, -0.2) is 0 Å². The van der Waals surface area contributed by atoms with Crippen molar-refractivity contribution in [3.05, 3.63) is 59.2 Å². The van der Waals surface area contributed by atoms with Gasteiger partial charge in [-0.05, 0) is 79.9 Å². The molecule has 0 radical (unpaired) electrons. The van der Waals surface area contributed by atoms with Crippen LogP contribution in [0.25, 0.3) is 0 Å². The molecule has 0 unspecified atom stereocenters. The van der Waals surface area contributed by atoms with E-state index in [-0.39, 0.29) is 0 Å². The SMILES string of the molecule is Cc1ccc(SN2CCCCc3ccccc32)cc1C. The van der Waals surface area contributed by atoms with Gasteiger partial charge in [0.2, 0.25) is 0 Å². The molecule has 20 heavy (non-hydrogen) atoms. The van der Waals surface area contributed by atoms with Gasteiger partial charge < -0.3 is 4.31 Å².